The zero-order chi connectivity index (χ0) is 13.7. The lowest BCUT2D eigenvalue weighted by molar-refractivity contribution is -0.130. The van der Waals surface area contributed by atoms with E-state index in [4.69, 9.17) is 4.74 Å². The largest absolute Gasteiger partial charge is 0.420 e. The molecule has 0 unspecified atom stereocenters. The first-order valence-electron chi connectivity index (χ1n) is 6.13. The van der Waals surface area contributed by atoms with Gasteiger partial charge in [0.1, 0.15) is 0 Å². The zero-order valence-electron chi connectivity index (χ0n) is 11.2. The van der Waals surface area contributed by atoms with Crippen LogP contribution >= 0.6 is 0 Å². The van der Waals surface area contributed by atoms with Crippen molar-refractivity contribution >= 4 is 5.97 Å². The van der Waals surface area contributed by atoms with Crippen molar-refractivity contribution in [3.8, 4) is 5.75 Å². The molecule has 0 aliphatic heterocycles. The Morgan fingerprint density at radius 1 is 1.44 bits per heavy atom. The molecule has 0 bridgehead atoms. The van der Waals surface area contributed by atoms with Gasteiger partial charge in [0.25, 0.3) is 0 Å². The van der Waals surface area contributed by atoms with Gasteiger partial charge in [-0.25, -0.2) is 9.18 Å². The van der Waals surface area contributed by atoms with Crippen LogP contribution in [0.1, 0.15) is 37.8 Å². The number of benzene rings is 1. The molecule has 18 heavy (non-hydrogen) atoms. The standard InChI is InChI=1S/C15H19FO2/c1-5-6-7-12-8-9-13(14(16)11(12)4)18-15(17)10(2)3/h8-9H,2,5-7H2,1,3-4H3. The number of hydrogen-bond acceptors (Lipinski definition) is 2. The smallest absolute Gasteiger partial charge is 0.338 e. The van der Waals surface area contributed by atoms with Crippen LogP contribution in [0.3, 0.4) is 0 Å². The number of unbranched alkanes of at least 4 members (excludes halogenated alkanes) is 1. The van der Waals surface area contributed by atoms with Gasteiger partial charge in [-0.2, -0.15) is 0 Å². The Labute approximate surface area is 107 Å². The molecular formula is C15H19FO2. The van der Waals surface area contributed by atoms with Gasteiger partial charge < -0.3 is 4.74 Å². The van der Waals surface area contributed by atoms with Crippen LogP contribution in [0.4, 0.5) is 4.39 Å². The Morgan fingerprint density at radius 2 is 2.11 bits per heavy atom. The Kier molecular flexibility index (Phi) is 5.08. The van der Waals surface area contributed by atoms with Crippen molar-refractivity contribution in [3.63, 3.8) is 0 Å². The van der Waals surface area contributed by atoms with Gasteiger partial charge >= 0.3 is 5.97 Å². The van der Waals surface area contributed by atoms with Crippen LogP contribution in [0, 0.1) is 12.7 Å². The van der Waals surface area contributed by atoms with Crippen LogP contribution in [0.5, 0.6) is 5.75 Å². The van der Waals surface area contributed by atoms with Crippen LogP contribution in [0.15, 0.2) is 24.3 Å². The minimum atomic E-state index is -0.602. The number of carbonyl (C=O) groups excluding carboxylic acids is 1. The van der Waals surface area contributed by atoms with E-state index >= 15 is 0 Å². The van der Waals surface area contributed by atoms with Gasteiger partial charge in [-0.3, -0.25) is 0 Å². The van der Waals surface area contributed by atoms with Crippen molar-refractivity contribution in [2.75, 3.05) is 0 Å². The van der Waals surface area contributed by atoms with E-state index in [0.29, 0.717) is 5.56 Å². The Balaban J connectivity index is 2.93. The molecule has 0 aromatic heterocycles. The van der Waals surface area contributed by atoms with Crippen LogP contribution < -0.4 is 4.74 Å². The summed E-state index contributed by atoms with van der Waals surface area (Å²) in [4.78, 5) is 11.3. The Morgan fingerprint density at radius 3 is 2.67 bits per heavy atom. The Bertz CT molecular complexity index is 464. The summed E-state index contributed by atoms with van der Waals surface area (Å²) in [5.74, 6) is -1.09. The maximum atomic E-state index is 14.0. The lowest BCUT2D eigenvalue weighted by Gasteiger charge is -2.10. The number of hydrogen-bond donors (Lipinski definition) is 0. The molecule has 3 heteroatoms. The monoisotopic (exact) mass is 250 g/mol. The summed E-state index contributed by atoms with van der Waals surface area (Å²) in [7, 11) is 0. The van der Waals surface area contributed by atoms with Crippen molar-refractivity contribution in [1.82, 2.24) is 0 Å². The predicted molar refractivity (Wildman–Crippen MR) is 70.2 cm³/mol. The fourth-order valence-corrected chi connectivity index (χ4v) is 1.60. The van der Waals surface area contributed by atoms with Crippen LogP contribution in [-0.2, 0) is 11.2 Å². The van der Waals surface area contributed by atoms with Gasteiger partial charge in [0.2, 0.25) is 0 Å². The summed E-state index contributed by atoms with van der Waals surface area (Å²) in [5, 5.41) is 0. The van der Waals surface area contributed by atoms with E-state index in [0.717, 1.165) is 24.8 Å². The Hall–Kier alpha value is -1.64. The maximum Gasteiger partial charge on any atom is 0.338 e. The molecule has 0 aliphatic rings. The van der Waals surface area contributed by atoms with Crippen molar-refractivity contribution < 1.29 is 13.9 Å². The highest BCUT2D eigenvalue weighted by molar-refractivity contribution is 5.88. The van der Waals surface area contributed by atoms with Crippen LogP contribution in [0.25, 0.3) is 0 Å². The van der Waals surface area contributed by atoms with Gasteiger partial charge in [-0.05, 0) is 43.9 Å². The second-order valence-electron chi connectivity index (χ2n) is 4.44. The third-order valence-corrected chi connectivity index (χ3v) is 2.81. The molecule has 0 atom stereocenters. The predicted octanol–water partition coefficient (Wildman–Crippen LogP) is 3.96. The molecule has 0 spiro atoms. The number of halogens is 1. The molecule has 2 nitrogen and oxygen atoms in total. The summed E-state index contributed by atoms with van der Waals surface area (Å²) in [6.45, 7) is 8.79. The number of rotatable bonds is 5. The van der Waals surface area contributed by atoms with Crippen molar-refractivity contribution in [1.29, 1.82) is 0 Å². The minimum Gasteiger partial charge on any atom is -0.420 e. The summed E-state index contributed by atoms with van der Waals surface area (Å²) in [6.07, 6.45) is 2.92. The molecule has 1 rings (SSSR count). The number of carbonyl (C=O) groups is 1. The second-order valence-corrected chi connectivity index (χ2v) is 4.44. The minimum absolute atomic E-state index is 0.0271. The second kappa shape index (κ2) is 6.34. The molecule has 0 N–H and O–H groups in total. The topological polar surface area (TPSA) is 26.3 Å². The first-order valence-corrected chi connectivity index (χ1v) is 6.13. The lowest BCUT2D eigenvalue weighted by Crippen LogP contribution is -2.10. The maximum absolute atomic E-state index is 14.0. The van der Waals surface area contributed by atoms with Crippen molar-refractivity contribution in [2.24, 2.45) is 0 Å². The van der Waals surface area contributed by atoms with Crippen molar-refractivity contribution in [3.05, 3.63) is 41.2 Å². The summed E-state index contributed by atoms with van der Waals surface area (Å²) in [5.41, 5.74) is 1.77. The molecule has 0 saturated carbocycles. The molecule has 0 fully saturated rings. The van der Waals surface area contributed by atoms with E-state index in [2.05, 4.69) is 13.5 Å². The molecule has 0 aliphatic carbocycles. The van der Waals surface area contributed by atoms with Crippen LogP contribution in [-0.4, -0.2) is 5.97 Å². The molecule has 0 heterocycles. The number of aryl methyl sites for hydroxylation is 1. The molecule has 1 aromatic rings. The number of esters is 1. The quantitative estimate of drug-likeness (QED) is 0.449. The zero-order valence-corrected chi connectivity index (χ0v) is 11.2. The van der Waals surface area contributed by atoms with E-state index in [1.165, 1.54) is 13.0 Å². The summed E-state index contributed by atoms with van der Waals surface area (Å²) in [6, 6.07) is 3.32. The molecule has 98 valence electrons. The van der Waals surface area contributed by atoms with Crippen molar-refractivity contribution in [2.45, 2.75) is 40.0 Å². The highest BCUT2D eigenvalue weighted by Crippen LogP contribution is 2.25. The third kappa shape index (κ3) is 3.42. The third-order valence-electron chi connectivity index (χ3n) is 2.81. The van der Waals surface area contributed by atoms with Gasteiger partial charge in [-0.1, -0.05) is 26.0 Å². The molecular weight excluding hydrogens is 231 g/mol. The number of ether oxygens (including phenoxy) is 1. The highest BCUT2D eigenvalue weighted by atomic mass is 19.1. The van der Waals surface area contributed by atoms with Crippen LogP contribution in [0.2, 0.25) is 0 Å². The van der Waals surface area contributed by atoms with Gasteiger partial charge in [0, 0.05) is 5.57 Å². The first kappa shape index (κ1) is 14.4. The van der Waals surface area contributed by atoms with Gasteiger partial charge in [0.05, 0.1) is 0 Å². The van der Waals surface area contributed by atoms with E-state index < -0.39 is 11.8 Å². The first-order chi connectivity index (χ1) is 8.47. The normalized spacial score (nSPS) is 10.2. The summed E-state index contributed by atoms with van der Waals surface area (Å²) < 4.78 is 18.9. The lowest BCUT2D eigenvalue weighted by atomic mass is 10.0. The fourth-order valence-electron chi connectivity index (χ4n) is 1.60. The van der Waals surface area contributed by atoms with Gasteiger partial charge in [-0.15, -0.1) is 0 Å². The average Bonchev–Trinajstić information content (AvgIpc) is 2.34. The van der Waals surface area contributed by atoms with E-state index in [-0.39, 0.29) is 11.3 Å². The average molecular weight is 250 g/mol. The fraction of sp³-hybridized carbons (Fsp3) is 0.400. The highest BCUT2D eigenvalue weighted by Gasteiger charge is 2.14. The molecule has 0 saturated heterocycles. The van der Waals surface area contributed by atoms with E-state index in [1.807, 2.05) is 6.07 Å². The van der Waals surface area contributed by atoms with E-state index in [1.54, 1.807) is 6.92 Å². The molecule has 0 amide bonds. The summed E-state index contributed by atoms with van der Waals surface area (Å²) >= 11 is 0. The van der Waals surface area contributed by atoms with Gasteiger partial charge in [0.15, 0.2) is 11.6 Å². The van der Waals surface area contributed by atoms with E-state index in [9.17, 15) is 9.18 Å². The molecule has 1 aromatic carbocycles. The molecule has 0 radical (unpaired) electrons. The SMILES string of the molecule is C=C(C)C(=O)Oc1ccc(CCCC)c(C)c1F.